The fraction of sp³-hybridized carbons (Fsp3) is 0.526. The van der Waals surface area contributed by atoms with Crippen LogP contribution in [-0.4, -0.2) is 52.2 Å². The molecule has 3 amide bonds. The van der Waals surface area contributed by atoms with E-state index in [9.17, 15) is 14.4 Å². The Labute approximate surface area is 152 Å². The molecule has 0 saturated carbocycles. The minimum atomic E-state index is -0.570. The number of benzene rings is 1. The number of carbonyl (C=O) groups is 3. The molecule has 1 aromatic carbocycles. The number of rotatable bonds is 3. The van der Waals surface area contributed by atoms with Gasteiger partial charge in [0.05, 0.1) is 0 Å². The lowest BCUT2D eigenvalue weighted by Crippen LogP contribution is -2.52. The van der Waals surface area contributed by atoms with Gasteiger partial charge in [-0.1, -0.05) is 18.2 Å². The van der Waals surface area contributed by atoms with E-state index >= 15 is 0 Å². The fourth-order valence-electron chi connectivity index (χ4n) is 4.28. The Hall–Kier alpha value is -2.25. The van der Waals surface area contributed by atoms with Gasteiger partial charge in [0.2, 0.25) is 11.8 Å². The maximum atomic E-state index is 13.1. The number of nitrogens with zero attached hydrogens (tertiary/aromatic N) is 2. The van der Waals surface area contributed by atoms with Crippen molar-refractivity contribution >= 4 is 17.7 Å². The Kier molecular flexibility index (Phi) is 4.08. The molecule has 1 aromatic rings. The quantitative estimate of drug-likeness (QED) is 0.763. The SMILES string of the molecule is CC1(N)CCN(Cc2cccc3c2C(=O)N(C2CCC(=O)NC2=O)C3)C1. The lowest BCUT2D eigenvalue weighted by molar-refractivity contribution is -0.136. The van der Waals surface area contributed by atoms with Crippen molar-refractivity contribution in [2.75, 3.05) is 13.1 Å². The number of fused-ring (bicyclic) bond motifs is 1. The number of likely N-dealkylation sites (tertiary alicyclic amines) is 1. The maximum Gasteiger partial charge on any atom is 0.255 e. The first-order chi connectivity index (χ1) is 12.3. The topological polar surface area (TPSA) is 95.7 Å². The summed E-state index contributed by atoms with van der Waals surface area (Å²) in [6.45, 7) is 4.88. The lowest BCUT2D eigenvalue weighted by atomic mass is 10.0. The van der Waals surface area contributed by atoms with Crippen LogP contribution >= 0.6 is 0 Å². The van der Waals surface area contributed by atoms with E-state index in [1.165, 1.54) is 0 Å². The summed E-state index contributed by atoms with van der Waals surface area (Å²) in [7, 11) is 0. The summed E-state index contributed by atoms with van der Waals surface area (Å²) >= 11 is 0. The zero-order chi connectivity index (χ0) is 18.5. The molecular weight excluding hydrogens is 332 g/mol. The number of nitrogens with two attached hydrogens (primary N) is 1. The molecule has 4 rings (SSSR count). The lowest BCUT2D eigenvalue weighted by Gasteiger charge is -2.29. The highest BCUT2D eigenvalue weighted by atomic mass is 16.2. The Bertz CT molecular complexity index is 789. The van der Waals surface area contributed by atoms with Crippen LogP contribution in [0.4, 0.5) is 0 Å². The van der Waals surface area contributed by atoms with Gasteiger partial charge in [0.1, 0.15) is 6.04 Å². The van der Waals surface area contributed by atoms with E-state index in [2.05, 4.69) is 17.1 Å². The van der Waals surface area contributed by atoms with Crippen molar-refractivity contribution < 1.29 is 14.4 Å². The van der Waals surface area contributed by atoms with Crippen LogP contribution in [0.15, 0.2) is 18.2 Å². The van der Waals surface area contributed by atoms with E-state index < -0.39 is 6.04 Å². The van der Waals surface area contributed by atoms with Gasteiger partial charge in [-0.05, 0) is 30.9 Å². The van der Waals surface area contributed by atoms with Gasteiger partial charge in [-0.2, -0.15) is 0 Å². The third-order valence-electron chi connectivity index (χ3n) is 5.62. The van der Waals surface area contributed by atoms with Crippen LogP contribution < -0.4 is 11.1 Å². The van der Waals surface area contributed by atoms with Crippen molar-refractivity contribution in [2.24, 2.45) is 5.73 Å². The average Bonchev–Trinajstić information content (AvgIpc) is 3.08. The highest BCUT2D eigenvalue weighted by Gasteiger charge is 2.40. The molecule has 0 aliphatic carbocycles. The summed E-state index contributed by atoms with van der Waals surface area (Å²) in [6, 6.07) is 5.32. The van der Waals surface area contributed by atoms with Crippen molar-refractivity contribution in [3.05, 3.63) is 34.9 Å². The first kappa shape index (κ1) is 17.2. The molecule has 138 valence electrons. The van der Waals surface area contributed by atoms with Gasteiger partial charge >= 0.3 is 0 Å². The van der Waals surface area contributed by atoms with E-state index in [0.29, 0.717) is 25.1 Å². The number of hydrogen-bond donors (Lipinski definition) is 2. The van der Waals surface area contributed by atoms with Crippen molar-refractivity contribution in [2.45, 2.75) is 50.9 Å². The second kappa shape index (κ2) is 6.17. The van der Waals surface area contributed by atoms with E-state index in [1.54, 1.807) is 4.90 Å². The molecule has 0 aromatic heterocycles. The molecule has 2 saturated heterocycles. The molecule has 3 aliphatic heterocycles. The number of amides is 3. The molecule has 3 N–H and O–H groups in total. The van der Waals surface area contributed by atoms with Gasteiger partial charge < -0.3 is 10.6 Å². The van der Waals surface area contributed by atoms with Crippen LogP contribution in [0.2, 0.25) is 0 Å². The minimum Gasteiger partial charge on any atom is -0.324 e. The van der Waals surface area contributed by atoms with Crippen LogP contribution in [0.1, 0.15) is 47.7 Å². The number of hydrogen-bond acceptors (Lipinski definition) is 5. The molecule has 3 heterocycles. The Morgan fingerprint density at radius 3 is 2.81 bits per heavy atom. The normalized spacial score (nSPS) is 29.2. The van der Waals surface area contributed by atoms with Crippen molar-refractivity contribution in [3.8, 4) is 0 Å². The standard InChI is InChI=1S/C19H24N4O3/c1-19(20)7-8-22(11-19)9-12-3-2-4-13-10-23(18(26)16(12)13)14-5-6-15(24)21-17(14)25/h2-4,14H,5-11,20H2,1H3,(H,21,24,25). The molecule has 7 nitrogen and oxygen atoms in total. The van der Waals surface area contributed by atoms with E-state index in [1.807, 2.05) is 18.2 Å². The number of imide groups is 1. The van der Waals surface area contributed by atoms with Crippen LogP contribution in [0, 0.1) is 0 Å². The van der Waals surface area contributed by atoms with E-state index in [-0.39, 0.29) is 29.7 Å². The van der Waals surface area contributed by atoms with Crippen molar-refractivity contribution in [1.82, 2.24) is 15.1 Å². The zero-order valence-corrected chi connectivity index (χ0v) is 15.0. The Morgan fingerprint density at radius 1 is 1.31 bits per heavy atom. The second-order valence-electron chi connectivity index (χ2n) is 7.97. The molecule has 0 spiro atoms. The fourth-order valence-corrected chi connectivity index (χ4v) is 4.28. The molecular formula is C19H24N4O3. The molecule has 2 fully saturated rings. The van der Waals surface area contributed by atoms with Gasteiger partial charge in [-0.25, -0.2) is 0 Å². The largest absolute Gasteiger partial charge is 0.324 e. The third kappa shape index (κ3) is 3.01. The van der Waals surface area contributed by atoms with Crippen molar-refractivity contribution in [1.29, 1.82) is 0 Å². The monoisotopic (exact) mass is 356 g/mol. The summed E-state index contributed by atoms with van der Waals surface area (Å²) in [5.41, 5.74) is 8.69. The third-order valence-corrected chi connectivity index (χ3v) is 5.62. The highest BCUT2D eigenvalue weighted by Crippen LogP contribution is 2.31. The van der Waals surface area contributed by atoms with Gasteiger partial charge in [0.15, 0.2) is 0 Å². The van der Waals surface area contributed by atoms with Crippen LogP contribution in [0.5, 0.6) is 0 Å². The number of piperidine rings is 1. The van der Waals surface area contributed by atoms with E-state index in [0.717, 1.165) is 30.6 Å². The van der Waals surface area contributed by atoms with Gasteiger partial charge in [0.25, 0.3) is 5.91 Å². The van der Waals surface area contributed by atoms with Crippen LogP contribution in [0.25, 0.3) is 0 Å². The number of carbonyl (C=O) groups excluding carboxylic acids is 3. The van der Waals surface area contributed by atoms with Crippen LogP contribution in [-0.2, 0) is 22.7 Å². The Balaban J connectivity index is 1.55. The molecule has 3 aliphatic rings. The van der Waals surface area contributed by atoms with Gasteiger partial charge in [-0.3, -0.25) is 24.6 Å². The summed E-state index contributed by atoms with van der Waals surface area (Å²) in [6.07, 6.45) is 1.60. The molecule has 7 heteroatoms. The minimum absolute atomic E-state index is 0.111. The van der Waals surface area contributed by atoms with Crippen molar-refractivity contribution in [3.63, 3.8) is 0 Å². The predicted molar refractivity (Wildman–Crippen MR) is 95.0 cm³/mol. The molecule has 2 unspecified atom stereocenters. The smallest absolute Gasteiger partial charge is 0.255 e. The van der Waals surface area contributed by atoms with E-state index in [4.69, 9.17) is 5.73 Å². The molecule has 0 radical (unpaired) electrons. The second-order valence-corrected chi connectivity index (χ2v) is 7.97. The first-order valence-electron chi connectivity index (χ1n) is 9.11. The zero-order valence-electron chi connectivity index (χ0n) is 15.0. The summed E-state index contributed by atoms with van der Waals surface area (Å²) in [5.74, 6) is -0.753. The van der Waals surface area contributed by atoms with Gasteiger partial charge in [0, 0.05) is 43.7 Å². The highest BCUT2D eigenvalue weighted by molar-refractivity contribution is 6.05. The predicted octanol–water partition coefficient (Wildman–Crippen LogP) is 0.371. The molecule has 0 bridgehead atoms. The summed E-state index contributed by atoms with van der Waals surface area (Å²) < 4.78 is 0. The average molecular weight is 356 g/mol. The summed E-state index contributed by atoms with van der Waals surface area (Å²) in [4.78, 5) is 40.5. The first-order valence-corrected chi connectivity index (χ1v) is 9.11. The number of nitrogens with one attached hydrogen (secondary N) is 1. The van der Waals surface area contributed by atoms with Gasteiger partial charge in [-0.15, -0.1) is 0 Å². The molecule has 26 heavy (non-hydrogen) atoms. The van der Waals surface area contributed by atoms with Crippen LogP contribution in [0.3, 0.4) is 0 Å². The Morgan fingerprint density at radius 2 is 2.12 bits per heavy atom. The maximum absolute atomic E-state index is 13.1. The summed E-state index contributed by atoms with van der Waals surface area (Å²) in [5, 5.41) is 2.34. The molecule has 2 atom stereocenters.